The van der Waals surface area contributed by atoms with Gasteiger partial charge in [0.1, 0.15) is 5.82 Å². The van der Waals surface area contributed by atoms with Crippen molar-refractivity contribution in [2.75, 3.05) is 11.9 Å². The molecule has 2 heterocycles. The van der Waals surface area contributed by atoms with Gasteiger partial charge in [0.2, 0.25) is 0 Å². The Labute approximate surface area is 122 Å². The molecular formula is C14H18N4OS. The van der Waals surface area contributed by atoms with Crippen LogP contribution in [0.2, 0.25) is 0 Å². The third-order valence-electron chi connectivity index (χ3n) is 2.77. The molecule has 0 saturated carbocycles. The second-order valence-electron chi connectivity index (χ2n) is 4.44. The van der Waals surface area contributed by atoms with Gasteiger partial charge in [-0.15, -0.1) is 21.5 Å². The zero-order valence-corrected chi connectivity index (χ0v) is 12.4. The first-order chi connectivity index (χ1) is 9.70. The predicted molar refractivity (Wildman–Crippen MR) is 81.0 cm³/mol. The molecule has 20 heavy (non-hydrogen) atoms. The maximum Gasteiger partial charge on any atom is 0.272 e. The Balaban J connectivity index is 1.95. The molecule has 1 atom stereocenters. The van der Waals surface area contributed by atoms with E-state index in [1.54, 1.807) is 23.5 Å². The van der Waals surface area contributed by atoms with Crippen LogP contribution in [0, 0.1) is 0 Å². The first kappa shape index (κ1) is 14.5. The minimum atomic E-state index is -0.208. The van der Waals surface area contributed by atoms with Gasteiger partial charge in [0.25, 0.3) is 5.91 Å². The molecule has 2 aromatic rings. The summed E-state index contributed by atoms with van der Waals surface area (Å²) >= 11 is 1.62. The molecule has 0 aromatic carbocycles. The Hall–Kier alpha value is -1.95. The molecular weight excluding hydrogens is 272 g/mol. The van der Waals surface area contributed by atoms with Gasteiger partial charge in [0, 0.05) is 11.4 Å². The fourth-order valence-electron chi connectivity index (χ4n) is 1.68. The van der Waals surface area contributed by atoms with E-state index in [4.69, 9.17) is 0 Å². The smallest absolute Gasteiger partial charge is 0.272 e. The van der Waals surface area contributed by atoms with Crippen molar-refractivity contribution in [1.82, 2.24) is 15.5 Å². The normalized spacial score (nSPS) is 11.9. The SMILES string of the molecule is CCCNc1ccc(C(=O)NC(C)c2cccs2)nn1. The molecule has 1 amide bonds. The number of amides is 1. The highest BCUT2D eigenvalue weighted by Crippen LogP contribution is 2.18. The Morgan fingerprint density at radius 1 is 1.35 bits per heavy atom. The average Bonchev–Trinajstić information content (AvgIpc) is 3.00. The molecule has 1 unspecified atom stereocenters. The molecule has 0 aliphatic rings. The van der Waals surface area contributed by atoms with Gasteiger partial charge < -0.3 is 10.6 Å². The molecule has 0 bridgehead atoms. The fraction of sp³-hybridized carbons (Fsp3) is 0.357. The van der Waals surface area contributed by atoms with E-state index in [0.717, 1.165) is 17.8 Å². The van der Waals surface area contributed by atoms with Crippen molar-refractivity contribution in [2.45, 2.75) is 26.3 Å². The summed E-state index contributed by atoms with van der Waals surface area (Å²) in [4.78, 5) is 13.2. The Bertz CT molecular complexity index is 539. The van der Waals surface area contributed by atoms with Crippen molar-refractivity contribution in [1.29, 1.82) is 0 Å². The lowest BCUT2D eigenvalue weighted by atomic mass is 10.2. The van der Waals surface area contributed by atoms with Gasteiger partial charge in [-0.25, -0.2) is 0 Å². The zero-order valence-electron chi connectivity index (χ0n) is 11.6. The van der Waals surface area contributed by atoms with Crippen LogP contribution >= 0.6 is 11.3 Å². The lowest BCUT2D eigenvalue weighted by Gasteiger charge is -2.11. The highest BCUT2D eigenvalue weighted by Gasteiger charge is 2.13. The van der Waals surface area contributed by atoms with Crippen LogP contribution in [0.3, 0.4) is 0 Å². The van der Waals surface area contributed by atoms with Gasteiger partial charge in [-0.05, 0) is 36.9 Å². The summed E-state index contributed by atoms with van der Waals surface area (Å²) in [6.45, 7) is 4.87. The number of nitrogens with zero attached hydrogens (tertiary/aromatic N) is 2. The van der Waals surface area contributed by atoms with Crippen LogP contribution in [-0.4, -0.2) is 22.6 Å². The second kappa shape index (κ2) is 7.00. The van der Waals surface area contributed by atoms with E-state index in [9.17, 15) is 4.79 Å². The van der Waals surface area contributed by atoms with Crippen LogP contribution < -0.4 is 10.6 Å². The van der Waals surface area contributed by atoms with Crippen LogP contribution in [0.25, 0.3) is 0 Å². The van der Waals surface area contributed by atoms with E-state index < -0.39 is 0 Å². The molecule has 0 fully saturated rings. The number of nitrogens with one attached hydrogen (secondary N) is 2. The number of aromatic nitrogens is 2. The number of hydrogen-bond donors (Lipinski definition) is 2. The van der Waals surface area contributed by atoms with Gasteiger partial charge in [0.05, 0.1) is 6.04 Å². The zero-order chi connectivity index (χ0) is 14.4. The third-order valence-corrected chi connectivity index (χ3v) is 3.83. The van der Waals surface area contributed by atoms with Gasteiger partial charge in [-0.1, -0.05) is 13.0 Å². The molecule has 5 nitrogen and oxygen atoms in total. The second-order valence-corrected chi connectivity index (χ2v) is 5.42. The maximum absolute atomic E-state index is 12.0. The summed E-state index contributed by atoms with van der Waals surface area (Å²) in [5, 5.41) is 16.0. The highest BCUT2D eigenvalue weighted by atomic mass is 32.1. The van der Waals surface area contributed by atoms with Crippen LogP contribution in [0.1, 0.15) is 41.7 Å². The summed E-state index contributed by atoms with van der Waals surface area (Å²) in [7, 11) is 0. The van der Waals surface area contributed by atoms with Crippen molar-refractivity contribution in [3.63, 3.8) is 0 Å². The van der Waals surface area contributed by atoms with Gasteiger partial charge in [-0.2, -0.15) is 0 Å². The monoisotopic (exact) mass is 290 g/mol. The highest BCUT2D eigenvalue weighted by molar-refractivity contribution is 7.10. The average molecular weight is 290 g/mol. The molecule has 0 spiro atoms. The lowest BCUT2D eigenvalue weighted by Crippen LogP contribution is -2.27. The molecule has 6 heteroatoms. The number of hydrogen-bond acceptors (Lipinski definition) is 5. The molecule has 0 aliphatic heterocycles. The summed E-state index contributed by atoms with van der Waals surface area (Å²) in [5.41, 5.74) is 0.329. The van der Waals surface area contributed by atoms with Crippen LogP contribution in [0.15, 0.2) is 29.6 Å². The summed E-state index contributed by atoms with van der Waals surface area (Å²) < 4.78 is 0. The van der Waals surface area contributed by atoms with E-state index in [-0.39, 0.29) is 11.9 Å². The largest absolute Gasteiger partial charge is 0.369 e. The van der Waals surface area contributed by atoms with Crippen LogP contribution in [0.4, 0.5) is 5.82 Å². The minimum Gasteiger partial charge on any atom is -0.369 e. The van der Waals surface area contributed by atoms with Crippen LogP contribution in [0.5, 0.6) is 0 Å². The summed E-state index contributed by atoms with van der Waals surface area (Å²) in [6, 6.07) is 7.40. The number of anilines is 1. The lowest BCUT2D eigenvalue weighted by molar-refractivity contribution is 0.0934. The van der Waals surface area contributed by atoms with E-state index in [0.29, 0.717) is 11.5 Å². The van der Waals surface area contributed by atoms with Crippen molar-refractivity contribution in [3.05, 3.63) is 40.2 Å². The number of rotatable bonds is 6. The fourth-order valence-corrected chi connectivity index (χ4v) is 2.41. The van der Waals surface area contributed by atoms with Crippen molar-refractivity contribution >= 4 is 23.1 Å². The first-order valence-electron chi connectivity index (χ1n) is 6.62. The van der Waals surface area contributed by atoms with E-state index in [1.807, 2.05) is 24.4 Å². The van der Waals surface area contributed by atoms with Gasteiger partial charge >= 0.3 is 0 Å². The number of carbonyl (C=O) groups excluding carboxylic acids is 1. The molecule has 106 valence electrons. The van der Waals surface area contributed by atoms with Crippen molar-refractivity contribution in [2.24, 2.45) is 0 Å². The Morgan fingerprint density at radius 3 is 2.80 bits per heavy atom. The maximum atomic E-state index is 12.0. The predicted octanol–water partition coefficient (Wildman–Crippen LogP) is 2.85. The Kier molecular flexibility index (Phi) is 5.06. The molecule has 2 aromatic heterocycles. The summed E-state index contributed by atoms with van der Waals surface area (Å²) in [6.07, 6.45) is 1.02. The van der Waals surface area contributed by atoms with Crippen molar-refractivity contribution in [3.8, 4) is 0 Å². The molecule has 0 saturated heterocycles. The summed E-state index contributed by atoms with van der Waals surface area (Å²) in [5.74, 6) is 0.482. The standard InChI is InChI=1S/C14H18N4OS/c1-3-8-15-13-7-6-11(17-18-13)14(19)16-10(2)12-5-4-9-20-12/h4-7,9-10H,3,8H2,1-2H3,(H,15,18)(H,16,19). The van der Waals surface area contributed by atoms with E-state index >= 15 is 0 Å². The van der Waals surface area contributed by atoms with Gasteiger partial charge in [-0.3, -0.25) is 4.79 Å². The first-order valence-corrected chi connectivity index (χ1v) is 7.50. The Morgan fingerprint density at radius 2 is 2.20 bits per heavy atom. The molecule has 0 aliphatic carbocycles. The minimum absolute atomic E-state index is 0.0257. The van der Waals surface area contributed by atoms with E-state index in [1.165, 1.54) is 0 Å². The number of carbonyl (C=O) groups is 1. The molecule has 2 rings (SSSR count). The van der Waals surface area contributed by atoms with Gasteiger partial charge in [0.15, 0.2) is 5.69 Å². The van der Waals surface area contributed by atoms with Crippen LogP contribution in [-0.2, 0) is 0 Å². The third kappa shape index (κ3) is 3.77. The number of thiophene rings is 1. The topological polar surface area (TPSA) is 66.9 Å². The van der Waals surface area contributed by atoms with Crippen molar-refractivity contribution < 1.29 is 4.79 Å². The molecule has 2 N–H and O–H groups in total. The molecule has 0 radical (unpaired) electrons. The van der Waals surface area contributed by atoms with E-state index in [2.05, 4.69) is 27.8 Å². The quantitative estimate of drug-likeness (QED) is 0.858.